The predicted molar refractivity (Wildman–Crippen MR) is 104 cm³/mol. The minimum atomic E-state index is -3.03. The standard InChI is InChI=1S/C16H37O2PS2/c1-5-7-9-11-13-15(3)21(19(17,18)20)16(4)14-12-10-8-6-2/h15-18,20H,5-14H2,1-4H3. The first kappa shape index (κ1) is 22.1. The molecule has 0 saturated carbocycles. The molecule has 0 aromatic rings. The van der Waals surface area contributed by atoms with Crippen molar-refractivity contribution in [3.8, 4) is 0 Å². The molecule has 0 aliphatic heterocycles. The summed E-state index contributed by atoms with van der Waals surface area (Å²) in [4.78, 5) is 20.3. The highest BCUT2D eigenvalue weighted by Gasteiger charge is 2.22. The average molecular weight is 357 g/mol. The van der Waals surface area contributed by atoms with E-state index in [1.165, 1.54) is 51.4 Å². The Balaban J connectivity index is 4.52. The molecule has 0 radical (unpaired) electrons. The van der Waals surface area contributed by atoms with Gasteiger partial charge in [0.1, 0.15) is 0 Å². The number of hydrogen-bond donors (Lipinski definition) is 3. The van der Waals surface area contributed by atoms with E-state index in [1.54, 1.807) is 0 Å². The summed E-state index contributed by atoms with van der Waals surface area (Å²) in [5, 5.41) is 0.757. The third-order valence-corrected chi connectivity index (χ3v) is 12.3. The Kier molecular flexibility index (Phi) is 13.1. The Labute approximate surface area is 140 Å². The molecule has 0 rings (SSSR count). The Morgan fingerprint density at radius 2 is 1.19 bits per heavy atom. The van der Waals surface area contributed by atoms with Gasteiger partial charge in [-0.15, -0.1) is 10.1 Å². The van der Waals surface area contributed by atoms with E-state index in [4.69, 9.17) is 0 Å². The van der Waals surface area contributed by atoms with Crippen LogP contribution < -0.4 is 0 Å². The first-order valence-electron chi connectivity index (χ1n) is 8.64. The maximum Gasteiger partial charge on any atom is 0.199 e. The van der Waals surface area contributed by atoms with Gasteiger partial charge < -0.3 is 9.79 Å². The van der Waals surface area contributed by atoms with Gasteiger partial charge in [0.15, 0.2) is 5.69 Å². The number of unbranched alkanes of at least 4 members (excludes halogenated alkanes) is 6. The van der Waals surface area contributed by atoms with Crippen LogP contribution in [0.3, 0.4) is 0 Å². The molecule has 0 fully saturated rings. The molecule has 0 aromatic carbocycles. The van der Waals surface area contributed by atoms with Crippen molar-refractivity contribution in [1.82, 2.24) is 0 Å². The van der Waals surface area contributed by atoms with Crippen molar-refractivity contribution in [3.05, 3.63) is 0 Å². The topological polar surface area (TPSA) is 40.5 Å². The van der Waals surface area contributed by atoms with Crippen molar-refractivity contribution in [2.75, 3.05) is 0 Å². The molecule has 0 bridgehead atoms. The molecular weight excluding hydrogens is 319 g/mol. The van der Waals surface area contributed by atoms with Gasteiger partial charge in [-0.25, -0.2) is 0 Å². The van der Waals surface area contributed by atoms with E-state index in [0.717, 1.165) is 12.8 Å². The van der Waals surface area contributed by atoms with Crippen LogP contribution in [0.1, 0.15) is 91.9 Å². The van der Waals surface area contributed by atoms with E-state index >= 15 is 0 Å². The molecule has 0 amide bonds. The van der Waals surface area contributed by atoms with E-state index in [9.17, 15) is 9.79 Å². The molecule has 130 valence electrons. The summed E-state index contributed by atoms with van der Waals surface area (Å²) in [7, 11) is -0.356. The summed E-state index contributed by atoms with van der Waals surface area (Å²) in [6, 6.07) is 0. The summed E-state index contributed by atoms with van der Waals surface area (Å²) in [6.07, 6.45) is 12.2. The summed E-state index contributed by atoms with van der Waals surface area (Å²) in [5.41, 5.74) is -3.03. The fourth-order valence-corrected chi connectivity index (χ4v) is 11.8. The number of rotatable bonds is 12. The Morgan fingerprint density at radius 3 is 1.48 bits per heavy atom. The van der Waals surface area contributed by atoms with Crippen molar-refractivity contribution in [2.24, 2.45) is 0 Å². The maximum atomic E-state index is 10.2. The number of hydrogen-bond acceptors (Lipinski definition) is 0. The van der Waals surface area contributed by atoms with Crippen molar-refractivity contribution < 1.29 is 9.79 Å². The molecule has 0 aliphatic carbocycles. The highest BCUT2D eigenvalue weighted by molar-refractivity contribution is 8.66. The van der Waals surface area contributed by atoms with Crippen LogP contribution >= 0.6 is 17.9 Å². The van der Waals surface area contributed by atoms with Gasteiger partial charge in [0.25, 0.3) is 0 Å². The highest BCUT2D eigenvalue weighted by Crippen LogP contribution is 2.50. The van der Waals surface area contributed by atoms with Gasteiger partial charge in [-0.2, -0.15) is 0 Å². The normalized spacial score (nSPS) is 16.7. The van der Waals surface area contributed by atoms with Gasteiger partial charge in [-0.3, -0.25) is 0 Å². The van der Waals surface area contributed by atoms with Crippen molar-refractivity contribution >= 4 is 28.0 Å². The summed E-state index contributed by atoms with van der Waals surface area (Å²) >= 11 is 4.19. The average Bonchev–Trinajstić information content (AvgIpc) is 2.38. The minimum Gasteiger partial charge on any atom is -0.341 e. The lowest BCUT2D eigenvalue weighted by Crippen LogP contribution is -2.22. The first-order chi connectivity index (χ1) is 9.84. The Morgan fingerprint density at radius 1 is 0.810 bits per heavy atom. The molecule has 0 spiro atoms. The van der Waals surface area contributed by atoms with Gasteiger partial charge in [0.05, 0.1) is 0 Å². The highest BCUT2D eigenvalue weighted by atomic mass is 32.9. The second-order valence-electron chi connectivity index (χ2n) is 6.18. The third kappa shape index (κ3) is 10.4. The fraction of sp³-hybridized carbons (Fsp3) is 1.00. The van der Waals surface area contributed by atoms with Gasteiger partial charge in [-0.05, 0) is 12.8 Å². The van der Waals surface area contributed by atoms with E-state index < -0.39 is 5.69 Å². The zero-order chi connectivity index (χ0) is 16.3. The third-order valence-electron chi connectivity index (χ3n) is 4.04. The number of thiol groups is 1. The Hall–Kier alpha value is 1.05. The van der Waals surface area contributed by atoms with Crippen molar-refractivity contribution in [3.63, 3.8) is 0 Å². The zero-order valence-electron chi connectivity index (χ0n) is 14.4. The van der Waals surface area contributed by atoms with E-state index in [0.29, 0.717) is 10.5 Å². The second-order valence-corrected chi connectivity index (χ2v) is 14.8. The van der Waals surface area contributed by atoms with Crippen molar-refractivity contribution in [2.45, 2.75) is 102 Å². The van der Waals surface area contributed by atoms with Crippen LogP contribution in [0.15, 0.2) is 0 Å². The molecule has 2 atom stereocenters. The molecule has 2 N–H and O–H groups in total. The molecule has 2 nitrogen and oxygen atoms in total. The lowest BCUT2D eigenvalue weighted by atomic mass is 10.1. The SMILES string of the molecule is CCCCCCC(C)S(C(C)CCCCCC)=P(O)(O)S. The largest absolute Gasteiger partial charge is 0.341 e. The molecular formula is C16H37O2PS2. The minimum absolute atomic E-state index is 0.356. The van der Waals surface area contributed by atoms with Crippen LogP contribution in [-0.4, -0.2) is 20.3 Å². The van der Waals surface area contributed by atoms with E-state index in [1.807, 2.05) is 0 Å². The van der Waals surface area contributed by atoms with Crippen LogP contribution in [0.25, 0.3) is 0 Å². The molecule has 2 unspecified atom stereocenters. The molecule has 0 aliphatic rings. The molecule has 21 heavy (non-hydrogen) atoms. The monoisotopic (exact) mass is 356 g/mol. The predicted octanol–water partition coefficient (Wildman–Crippen LogP) is 5.91. The van der Waals surface area contributed by atoms with Gasteiger partial charge in [-0.1, -0.05) is 91.3 Å². The quantitative estimate of drug-likeness (QED) is 0.231. The summed E-state index contributed by atoms with van der Waals surface area (Å²) in [6.45, 7) is 8.82. The molecule has 0 heterocycles. The first-order valence-corrected chi connectivity index (χ1v) is 13.4. The van der Waals surface area contributed by atoms with Gasteiger partial charge in [0.2, 0.25) is 0 Å². The van der Waals surface area contributed by atoms with Crippen LogP contribution in [0, 0.1) is 0 Å². The van der Waals surface area contributed by atoms with Crippen LogP contribution in [-0.2, 0) is 10.1 Å². The summed E-state index contributed by atoms with van der Waals surface area (Å²) < 4.78 is 0. The fourth-order valence-electron chi connectivity index (χ4n) is 2.84. The zero-order valence-corrected chi connectivity index (χ0v) is 17.0. The van der Waals surface area contributed by atoms with Gasteiger partial charge in [0, 0.05) is 10.5 Å². The van der Waals surface area contributed by atoms with E-state index in [-0.39, 0.29) is 10.1 Å². The lowest BCUT2D eigenvalue weighted by Gasteiger charge is -2.28. The maximum absolute atomic E-state index is 10.2. The Bertz CT molecular complexity index is 287. The smallest absolute Gasteiger partial charge is 0.199 e. The van der Waals surface area contributed by atoms with Gasteiger partial charge >= 0.3 is 0 Å². The lowest BCUT2D eigenvalue weighted by molar-refractivity contribution is 0.501. The van der Waals surface area contributed by atoms with Crippen LogP contribution in [0.5, 0.6) is 0 Å². The van der Waals surface area contributed by atoms with E-state index in [2.05, 4.69) is 39.9 Å². The molecule has 5 heteroatoms. The molecule has 0 saturated heterocycles. The summed E-state index contributed by atoms with van der Waals surface area (Å²) in [5.74, 6) is 0. The van der Waals surface area contributed by atoms with Crippen LogP contribution in [0.2, 0.25) is 0 Å². The van der Waals surface area contributed by atoms with Crippen molar-refractivity contribution in [1.29, 1.82) is 0 Å². The van der Waals surface area contributed by atoms with Crippen LogP contribution in [0.4, 0.5) is 0 Å². The molecule has 0 aromatic heterocycles. The second kappa shape index (κ2) is 12.5.